The van der Waals surface area contributed by atoms with Crippen LogP contribution in [0.2, 0.25) is 5.15 Å². The fourth-order valence-electron chi connectivity index (χ4n) is 2.41. The Kier molecular flexibility index (Phi) is 3.05. The summed E-state index contributed by atoms with van der Waals surface area (Å²) in [6, 6.07) is 1.83. The zero-order chi connectivity index (χ0) is 12.5. The fraction of sp³-hybridized carbons (Fsp3) is 0.545. The number of nitrogens with zero attached hydrogens (tertiary/aromatic N) is 5. The van der Waals surface area contributed by atoms with Crippen LogP contribution in [-0.4, -0.2) is 46.4 Å². The second kappa shape index (κ2) is 4.70. The van der Waals surface area contributed by atoms with E-state index in [9.17, 15) is 0 Å². The van der Waals surface area contributed by atoms with Crippen molar-refractivity contribution in [1.29, 1.82) is 0 Å². The zero-order valence-corrected chi connectivity index (χ0v) is 10.8. The van der Waals surface area contributed by atoms with E-state index in [0.717, 1.165) is 31.9 Å². The molecular formula is C11H14ClN5O. The summed E-state index contributed by atoms with van der Waals surface area (Å²) in [5.74, 6) is 2.04. The molecule has 0 N–H and O–H groups in total. The first-order valence-corrected chi connectivity index (χ1v) is 6.26. The van der Waals surface area contributed by atoms with Gasteiger partial charge in [-0.05, 0) is 6.42 Å². The third-order valence-corrected chi connectivity index (χ3v) is 3.41. The summed E-state index contributed by atoms with van der Waals surface area (Å²) in [5, 5.41) is 4.63. The van der Waals surface area contributed by atoms with Crippen molar-refractivity contribution in [3.05, 3.63) is 17.5 Å². The van der Waals surface area contributed by atoms with Crippen LogP contribution in [0.1, 0.15) is 6.42 Å². The summed E-state index contributed by atoms with van der Waals surface area (Å²) < 4.78 is 6.93. The van der Waals surface area contributed by atoms with Crippen LogP contribution in [-0.2, 0) is 4.74 Å². The van der Waals surface area contributed by atoms with Crippen molar-refractivity contribution in [3.8, 4) is 0 Å². The third-order valence-electron chi connectivity index (χ3n) is 3.21. The van der Waals surface area contributed by atoms with Crippen LogP contribution in [0.3, 0.4) is 0 Å². The number of ether oxygens (including phenoxy) is 1. The molecule has 1 unspecified atom stereocenters. The molecule has 1 fully saturated rings. The minimum Gasteiger partial charge on any atom is -0.384 e. The number of hydrogen-bond acceptors (Lipinski definition) is 5. The van der Waals surface area contributed by atoms with Gasteiger partial charge in [0.2, 0.25) is 0 Å². The Labute approximate surface area is 110 Å². The van der Waals surface area contributed by atoms with Gasteiger partial charge in [-0.1, -0.05) is 11.6 Å². The van der Waals surface area contributed by atoms with E-state index in [4.69, 9.17) is 16.3 Å². The normalized spacial score (nSPS) is 19.9. The molecule has 7 heteroatoms. The predicted molar refractivity (Wildman–Crippen MR) is 68.0 cm³/mol. The molecule has 96 valence electrons. The van der Waals surface area contributed by atoms with E-state index < -0.39 is 0 Å². The van der Waals surface area contributed by atoms with Crippen molar-refractivity contribution in [2.24, 2.45) is 5.92 Å². The molecule has 1 atom stereocenters. The molecule has 1 aliphatic rings. The molecule has 3 rings (SSSR count). The van der Waals surface area contributed by atoms with E-state index in [1.807, 2.05) is 6.07 Å². The van der Waals surface area contributed by atoms with Gasteiger partial charge in [-0.15, -0.1) is 0 Å². The Morgan fingerprint density at radius 2 is 2.44 bits per heavy atom. The van der Waals surface area contributed by atoms with Crippen LogP contribution in [0.25, 0.3) is 5.78 Å². The van der Waals surface area contributed by atoms with Gasteiger partial charge in [0.25, 0.3) is 5.78 Å². The summed E-state index contributed by atoms with van der Waals surface area (Å²) in [6.45, 7) is 2.71. The van der Waals surface area contributed by atoms with Gasteiger partial charge >= 0.3 is 0 Å². The lowest BCUT2D eigenvalue weighted by atomic mass is 10.1. The smallest absolute Gasteiger partial charge is 0.255 e. The highest BCUT2D eigenvalue weighted by Gasteiger charge is 2.25. The van der Waals surface area contributed by atoms with Crippen molar-refractivity contribution in [3.63, 3.8) is 0 Å². The number of anilines is 1. The maximum absolute atomic E-state index is 6.01. The molecule has 0 aliphatic carbocycles. The molecule has 1 saturated heterocycles. The van der Waals surface area contributed by atoms with Crippen molar-refractivity contribution in [2.75, 3.05) is 31.7 Å². The van der Waals surface area contributed by atoms with Crippen LogP contribution in [0, 0.1) is 5.92 Å². The average molecular weight is 268 g/mol. The monoisotopic (exact) mass is 267 g/mol. The minimum absolute atomic E-state index is 0.445. The molecule has 0 radical (unpaired) electrons. The van der Waals surface area contributed by atoms with E-state index in [-0.39, 0.29) is 0 Å². The standard InChI is InChI=1S/C11H14ClN5O/c1-18-6-8-2-3-16(5-8)10-4-9(12)15-11-13-7-14-17(10)11/h4,7-8H,2-3,5-6H2,1H3. The van der Waals surface area contributed by atoms with E-state index in [1.165, 1.54) is 6.33 Å². The Morgan fingerprint density at radius 3 is 3.28 bits per heavy atom. The number of methoxy groups -OCH3 is 1. The SMILES string of the molecule is COCC1CCN(c2cc(Cl)nc3ncnn23)C1. The first kappa shape index (κ1) is 11.7. The maximum Gasteiger partial charge on any atom is 0.255 e. The summed E-state index contributed by atoms with van der Waals surface area (Å²) in [7, 11) is 1.74. The molecule has 0 saturated carbocycles. The Balaban J connectivity index is 1.92. The van der Waals surface area contributed by atoms with Gasteiger partial charge in [0.1, 0.15) is 17.3 Å². The highest BCUT2D eigenvalue weighted by atomic mass is 35.5. The number of hydrogen-bond donors (Lipinski definition) is 0. The van der Waals surface area contributed by atoms with E-state index >= 15 is 0 Å². The summed E-state index contributed by atoms with van der Waals surface area (Å²) in [4.78, 5) is 10.4. The third kappa shape index (κ3) is 2.02. The van der Waals surface area contributed by atoms with Gasteiger partial charge in [0.05, 0.1) is 6.61 Å². The number of rotatable bonds is 3. The quantitative estimate of drug-likeness (QED) is 0.784. The lowest BCUT2D eigenvalue weighted by molar-refractivity contribution is 0.161. The van der Waals surface area contributed by atoms with Crippen molar-refractivity contribution >= 4 is 23.2 Å². The topological polar surface area (TPSA) is 55.5 Å². The average Bonchev–Trinajstić information content (AvgIpc) is 2.96. The largest absolute Gasteiger partial charge is 0.384 e. The Morgan fingerprint density at radius 1 is 1.56 bits per heavy atom. The van der Waals surface area contributed by atoms with Crippen molar-refractivity contribution in [1.82, 2.24) is 19.6 Å². The van der Waals surface area contributed by atoms with Crippen molar-refractivity contribution in [2.45, 2.75) is 6.42 Å². The summed E-state index contributed by atoms with van der Waals surface area (Å²) >= 11 is 6.01. The summed E-state index contributed by atoms with van der Waals surface area (Å²) in [5.41, 5.74) is 0. The molecule has 0 amide bonds. The Hall–Kier alpha value is -1.40. The molecule has 1 aliphatic heterocycles. The molecule has 18 heavy (non-hydrogen) atoms. The van der Waals surface area contributed by atoms with Crippen molar-refractivity contribution < 1.29 is 4.74 Å². The van der Waals surface area contributed by atoms with Crippen LogP contribution in [0.4, 0.5) is 5.82 Å². The van der Waals surface area contributed by atoms with E-state index in [2.05, 4.69) is 20.0 Å². The number of halogens is 1. The van der Waals surface area contributed by atoms with Crippen LogP contribution in [0.15, 0.2) is 12.4 Å². The van der Waals surface area contributed by atoms with Gasteiger partial charge in [0.15, 0.2) is 0 Å². The fourth-order valence-corrected chi connectivity index (χ4v) is 2.58. The lowest BCUT2D eigenvalue weighted by Crippen LogP contribution is -2.23. The van der Waals surface area contributed by atoms with Gasteiger partial charge in [0, 0.05) is 32.2 Å². The Bertz CT molecular complexity index is 557. The lowest BCUT2D eigenvalue weighted by Gasteiger charge is -2.19. The van der Waals surface area contributed by atoms with Crippen LogP contribution < -0.4 is 4.90 Å². The first-order valence-electron chi connectivity index (χ1n) is 5.88. The van der Waals surface area contributed by atoms with Crippen LogP contribution >= 0.6 is 11.6 Å². The highest BCUT2D eigenvalue weighted by Crippen LogP contribution is 2.25. The summed E-state index contributed by atoms with van der Waals surface area (Å²) in [6.07, 6.45) is 2.61. The number of aromatic nitrogens is 4. The molecule has 2 aromatic heterocycles. The molecular weight excluding hydrogens is 254 g/mol. The van der Waals surface area contributed by atoms with Gasteiger partial charge in [-0.25, -0.2) is 0 Å². The maximum atomic E-state index is 6.01. The van der Waals surface area contributed by atoms with Gasteiger partial charge in [-0.2, -0.15) is 19.6 Å². The van der Waals surface area contributed by atoms with E-state index in [1.54, 1.807) is 11.6 Å². The predicted octanol–water partition coefficient (Wildman–Crippen LogP) is 1.25. The highest BCUT2D eigenvalue weighted by molar-refractivity contribution is 6.29. The molecule has 6 nitrogen and oxygen atoms in total. The molecule has 0 bridgehead atoms. The first-order chi connectivity index (χ1) is 8.78. The second-order valence-corrected chi connectivity index (χ2v) is 4.85. The van der Waals surface area contributed by atoms with Gasteiger partial charge in [-0.3, -0.25) is 0 Å². The van der Waals surface area contributed by atoms with Gasteiger partial charge < -0.3 is 9.64 Å². The number of fused-ring (bicyclic) bond motifs is 1. The van der Waals surface area contributed by atoms with E-state index in [0.29, 0.717) is 16.8 Å². The minimum atomic E-state index is 0.445. The van der Waals surface area contributed by atoms with Crippen LogP contribution in [0.5, 0.6) is 0 Å². The second-order valence-electron chi connectivity index (χ2n) is 4.46. The molecule has 0 spiro atoms. The molecule has 0 aromatic carbocycles. The molecule has 2 aromatic rings. The molecule has 3 heterocycles. The zero-order valence-electron chi connectivity index (χ0n) is 10.1.